The van der Waals surface area contributed by atoms with Gasteiger partial charge in [0, 0.05) is 6.92 Å². The predicted octanol–water partition coefficient (Wildman–Crippen LogP) is 1.15. The van der Waals surface area contributed by atoms with Crippen molar-refractivity contribution in [2.24, 2.45) is 0 Å². The number of carboxylic acid groups (broad SMARTS) is 1. The molecule has 0 spiro atoms. The van der Waals surface area contributed by atoms with E-state index in [1.165, 1.54) is 13.0 Å². The standard InChI is InChI=1S/C11H10BCl2NO5/c1-4(16)15-7-3-5-2-6(13)9(14)8(11(17)18)10(5)20-12(7)19/h2,7,19H,3H2,1H3,(H,15,16)(H,17,18)/t7-/m0/s1. The SMILES string of the molecule is CC(=O)N[C@H]1Cc2cc(Cl)c(Cl)c(C(=O)O)c2OB1O. The fourth-order valence-electron chi connectivity index (χ4n) is 2.06. The van der Waals surface area contributed by atoms with Gasteiger partial charge in [-0.25, -0.2) is 4.79 Å². The molecular formula is C11H10BCl2NO5. The van der Waals surface area contributed by atoms with Crippen molar-refractivity contribution in [2.45, 2.75) is 19.3 Å². The van der Waals surface area contributed by atoms with Crippen molar-refractivity contribution in [2.75, 3.05) is 0 Å². The van der Waals surface area contributed by atoms with Gasteiger partial charge in [-0.15, -0.1) is 0 Å². The summed E-state index contributed by atoms with van der Waals surface area (Å²) in [7, 11) is -1.36. The van der Waals surface area contributed by atoms with Crippen molar-refractivity contribution in [1.82, 2.24) is 5.32 Å². The number of aromatic carboxylic acids is 1. The molecule has 0 bridgehead atoms. The summed E-state index contributed by atoms with van der Waals surface area (Å²) in [6.45, 7) is 1.31. The van der Waals surface area contributed by atoms with Crippen molar-refractivity contribution in [3.8, 4) is 5.75 Å². The van der Waals surface area contributed by atoms with E-state index in [4.69, 9.17) is 33.0 Å². The van der Waals surface area contributed by atoms with Gasteiger partial charge >= 0.3 is 13.1 Å². The van der Waals surface area contributed by atoms with Crippen LogP contribution in [0.1, 0.15) is 22.8 Å². The smallest absolute Gasteiger partial charge is 0.534 e. The first-order valence-corrected chi connectivity index (χ1v) is 6.42. The number of nitrogens with one attached hydrogen (secondary N) is 1. The van der Waals surface area contributed by atoms with E-state index >= 15 is 0 Å². The molecule has 9 heteroatoms. The summed E-state index contributed by atoms with van der Waals surface area (Å²) < 4.78 is 5.19. The van der Waals surface area contributed by atoms with Gasteiger partial charge in [-0.05, 0) is 18.1 Å². The Morgan fingerprint density at radius 3 is 2.70 bits per heavy atom. The molecule has 1 aromatic carbocycles. The van der Waals surface area contributed by atoms with Crippen molar-refractivity contribution >= 4 is 42.2 Å². The summed E-state index contributed by atoms with van der Waals surface area (Å²) >= 11 is 11.7. The van der Waals surface area contributed by atoms with Crippen LogP contribution in [0.15, 0.2) is 6.07 Å². The van der Waals surface area contributed by atoms with Crippen molar-refractivity contribution in [1.29, 1.82) is 0 Å². The summed E-state index contributed by atoms with van der Waals surface area (Å²) in [5, 5.41) is 21.4. The molecule has 3 N–H and O–H groups in total. The zero-order chi connectivity index (χ0) is 15.0. The number of fused-ring (bicyclic) bond motifs is 1. The summed E-state index contributed by atoms with van der Waals surface area (Å²) in [6, 6.07) is 1.46. The van der Waals surface area contributed by atoms with Gasteiger partial charge in [-0.2, -0.15) is 0 Å². The second-order valence-electron chi connectivity index (χ2n) is 4.36. The third-order valence-electron chi connectivity index (χ3n) is 2.87. The first-order chi connectivity index (χ1) is 9.31. The number of benzene rings is 1. The van der Waals surface area contributed by atoms with Crippen LogP contribution in [0.5, 0.6) is 5.75 Å². The Labute approximate surface area is 124 Å². The van der Waals surface area contributed by atoms with Gasteiger partial charge in [0.15, 0.2) is 0 Å². The quantitative estimate of drug-likeness (QED) is 0.711. The predicted molar refractivity (Wildman–Crippen MR) is 73.3 cm³/mol. The second-order valence-corrected chi connectivity index (χ2v) is 5.15. The number of halogens is 2. The lowest BCUT2D eigenvalue weighted by atomic mass is 9.72. The molecule has 1 aliphatic rings. The zero-order valence-corrected chi connectivity index (χ0v) is 11.8. The van der Waals surface area contributed by atoms with E-state index in [1.807, 2.05) is 0 Å². The Morgan fingerprint density at radius 2 is 2.15 bits per heavy atom. The molecule has 0 saturated carbocycles. The molecule has 6 nitrogen and oxygen atoms in total. The minimum absolute atomic E-state index is 0.0268. The average Bonchev–Trinajstić information content (AvgIpc) is 2.32. The molecule has 0 aliphatic carbocycles. The van der Waals surface area contributed by atoms with Crippen molar-refractivity contribution < 1.29 is 24.4 Å². The Bertz CT molecular complexity index is 595. The lowest BCUT2D eigenvalue weighted by Crippen LogP contribution is -2.52. The van der Waals surface area contributed by atoms with Crippen molar-refractivity contribution in [3.05, 3.63) is 27.2 Å². The lowest BCUT2D eigenvalue weighted by molar-refractivity contribution is -0.119. The normalized spacial score (nSPS) is 17.2. The molecular weight excluding hydrogens is 308 g/mol. The summed E-state index contributed by atoms with van der Waals surface area (Å²) in [4.78, 5) is 22.3. The van der Waals surface area contributed by atoms with E-state index in [0.29, 0.717) is 5.56 Å². The van der Waals surface area contributed by atoms with Gasteiger partial charge in [-0.1, -0.05) is 23.2 Å². The molecule has 1 aromatic rings. The maximum Gasteiger partial charge on any atom is 0.547 e. The van der Waals surface area contributed by atoms with Gasteiger partial charge in [0.05, 0.1) is 16.0 Å². The second kappa shape index (κ2) is 5.51. The highest BCUT2D eigenvalue weighted by molar-refractivity contribution is 6.48. The van der Waals surface area contributed by atoms with Crippen LogP contribution in [0.2, 0.25) is 10.0 Å². The molecule has 1 atom stereocenters. The highest BCUT2D eigenvalue weighted by Crippen LogP contribution is 2.39. The Hall–Kier alpha value is -1.44. The molecule has 0 radical (unpaired) electrons. The van der Waals surface area contributed by atoms with Gasteiger partial charge < -0.3 is 20.1 Å². The molecule has 1 amide bonds. The fourth-order valence-corrected chi connectivity index (χ4v) is 2.51. The minimum Gasteiger partial charge on any atom is -0.534 e. The van der Waals surface area contributed by atoms with E-state index in [0.717, 1.165) is 0 Å². The van der Waals surface area contributed by atoms with Crippen LogP contribution < -0.4 is 9.97 Å². The van der Waals surface area contributed by atoms with Crippen LogP contribution >= 0.6 is 23.2 Å². The number of hydrogen-bond donors (Lipinski definition) is 3. The third-order valence-corrected chi connectivity index (χ3v) is 3.66. The largest absolute Gasteiger partial charge is 0.547 e. The molecule has 20 heavy (non-hydrogen) atoms. The molecule has 1 aliphatic heterocycles. The van der Waals surface area contributed by atoms with E-state index in [1.54, 1.807) is 0 Å². The molecule has 2 rings (SSSR count). The van der Waals surface area contributed by atoms with Crippen LogP contribution in [-0.2, 0) is 11.2 Å². The number of carbonyl (C=O) groups excluding carboxylic acids is 1. The topological polar surface area (TPSA) is 95.9 Å². The Morgan fingerprint density at radius 1 is 1.50 bits per heavy atom. The molecule has 1 heterocycles. The number of carbonyl (C=O) groups is 2. The molecule has 0 saturated heterocycles. The average molecular weight is 318 g/mol. The monoisotopic (exact) mass is 317 g/mol. The molecule has 0 unspecified atom stereocenters. The highest BCUT2D eigenvalue weighted by atomic mass is 35.5. The number of amides is 1. The highest BCUT2D eigenvalue weighted by Gasteiger charge is 2.38. The third kappa shape index (κ3) is 2.70. The first kappa shape index (κ1) is 15.0. The van der Waals surface area contributed by atoms with Crippen LogP contribution in [0.3, 0.4) is 0 Å². The van der Waals surface area contributed by atoms with Crippen LogP contribution in [0.25, 0.3) is 0 Å². The minimum atomic E-state index is -1.36. The molecule has 0 fully saturated rings. The van der Waals surface area contributed by atoms with E-state index in [-0.39, 0.29) is 33.7 Å². The van der Waals surface area contributed by atoms with Gasteiger partial charge in [0.1, 0.15) is 11.3 Å². The Balaban J connectivity index is 2.48. The first-order valence-electron chi connectivity index (χ1n) is 5.67. The number of rotatable bonds is 2. The van der Waals surface area contributed by atoms with E-state index in [9.17, 15) is 14.6 Å². The fraction of sp³-hybridized carbons (Fsp3) is 0.273. The lowest BCUT2D eigenvalue weighted by Gasteiger charge is -2.29. The molecule has 106 valence electrons. The van der Waals surface area contributed by atoms with E-state index < -0.39 is 19.0 Å². The number of carboxylic acids is 1. The van der Waals surface area contributed by atoms with Gasteiger partial charge in [0.2, 0.25) is 5.91 Å². The summed E-state index contributed by atoms with van der Waals surface area (Å²) in [5.41, 5.74) is 0.162. The molecule has 0 aromatic heterocycles. The summed E-state index contributed by atoms with van der Waals surface area (Å²) in [5.74, 6) is -2.35. The zero-order valence-electron chi connectivity index (χ0n) is 10.3. The van der Waals surface area contributed by atoms with Crippen molar-refractivity contribution in [3.63, 3.8) is 0 Å². The van der Waals surface area contributed by atoms with Crippen LogP contribution in [0, 0.1) is 0 Å². The maximum absolute atomic E-state index is 11.2. The van der Waals surface area contributed by atoms with Gasteiger partial charge in [-0.3, -0.25) is 4.79 Å². The van der Waals surface area contributed by atoms with E-state index in [2.05, 4.69) is 5.32 Å². The Kier molecular flexibility index (Phi) is 4.13. The summed E-state index contributed by atoms with van der Waals surface area (Å²) in [6.07, 6.45) is 0.188. The van der Waals surface area contributed by atoms with Crippen LogP contribution in [-0.4, -0.2) is 35.1 Å². The van der Waals surface area contributed by atoms with Gasteiger partial charge in [0.25, 0.3) is 0 Å². The van der Waals surface area contributed by atoms with Crippen LogP contribution in [0.4, 0.5) is 0 Å². The maximum atomic E-state index is 11.2. The number of hydrogen-bond acceptors (Lipinski definition) is 4.